The molecule has 2 fully saturated rings. The van der Waals surface area contributed by atoms with E-state index in [0.717, 1.165) is 42.8 Å². The van der Waals surface area contributed by atoms with E-state index in [9.17, 15) is 14.4 Å². The van der Waals surface area contributed by atoms with Crippen LogP contribution in [0.1, 0.15) is 45.1 Å². The predicted octanol–water partition coefficient (Wildman–Crippen LogP) is 2.96. The van der Waals surface area contributed by atoms with Crippen LogP contribution < -0.4 is 11.1 Å². The fraction of sp³-hybridized carbons (Fsp3) is 0.375. The fourth-order valence-electron chi connectivity index (χ4n) is 5.99. The van der Waals surface area contributed by atoms with E-state index in [0.29, 0.717) is 59.5 Å². The van der Waals surface area contributed by atoms with Crippen LogP contribution in [-0.4, -0.2) is 104 Å². The average Bonchev–Trinajstić information content (AvgIpc) is 3.70. The molecule has 14 heteroatoms. The van der Waals surface area contributed by atoms with Gasteiger partial charge in [0.2, 0.25) is 5.91 Å². The number of hydrogen-bond donors (Lipinski definition) is 4. The first-order valence-electron chi connectivity index (χ1n) is 15.3. The number of H-pyrrole nitrogens is 2. The van der Waals surface area contributed by atoms with E-state index in [-0.39, 0.29) is 30.1 Å². The molecule has 0 atom stereocenters. The summed E-state index contributed by atoms with van der Waals surface area (Å²) >= 11 is 6.55. The molecular weight excluding hydrogens is 608 g/mol. The lowest BCUT2D eigenvalue weighted by atomic mass is 9.95. The van der Waals surface area contributed by atoms with Crippen LogP contribution in [0.4, 0.5) is 5.69 Å². The first-order chi connectivity index (χ1) is 22.2. The van der Waals surface area contributed by atoms with Crippen molar-refractivity contribution in [3.05, 3.63) is 70.4 Å². The highest BCUT2D eigenvalue weighted by molar-refractivity contribution is 6.33. The van der Waals surface area contributed by atoms with Crippen molar-refractivity contribution in [1.82, 2.24) is 45.2 Å². The maximum absolute atomic E-state index is 13.3. The number of nitrogens with two attached hydrogens (primary N) is 1. The van der Waals surface area contributed by atoms with Gasteiger partial charge < -0.3 is 30.7 Å². The number of carbonyl (C=O) groups excluding carboxylic acids is 3. The number of aromatic nitrogens is 5. The predicted molar refractivity (Wildman–Crippen MR) is 174 cm³/mol. The number of anilines is 1. The lowest BCUT2D eigenvalue weighted by Gasteiger charge is -2.38. The molecule has 46 heavy (non-hydrogen) atoms. The van der Waals surface area contributed by atoms with Crippen molar-refractivity contribution >= 4 is 35.0 Å². The third-order valence-corrected chi connectivity index (χ3v) is 9.03. The normalized spacial score (nSPS) is 16.1. The lowest BCUT2D eigenvalue weighted by Crippen LogP contribution is -2.52. The summed E-state index contributed by atoms with van der Waals surface area (Å²) in [6.07, 6.45) is 4.91. The van der Waals surface area contributed by atoms with Gasteiger partial charge in [0.1, 0.15) is 0 Å². The Labute approximate surface area is 271 Å². The zero-order valence-electron chi connectivity index (χ0n) is 25.8. The molecule has 2 aliphatic rings. The van der Waals surface area contributed by atoms with Gasteiger partial charge in [0.05, 0.1) is 51.4 Å². The first-order valence-corrected chi connectivity index (χ1v) is 15.7. The molecule has 2 aliphatic heterocycles. The van der Waals surface area contributed by atoms with Crippen molar-refractivity contribution in [2.45, 2.75) is 26.3 Å². The topological polar surface area (TPSA) is 169 Å². The SMILES string of the molecule is Cc1n[nH]c(-c2ccc(N)cn2)c1-c1cnc(C(=O)NCc2ccc(C(=O)N3CCN(C(=O)C4CCN(C)CC4)CC3)c(Cl)c2)[nH]1. The highest BCUT2D eigenvalue weighted by Gasteiger charge is 2.31. The van der Waals surface area contributed by atoms with Crippen molar-refractivity contribution in [3.8, 4) is 22.6 Å². The number of nitrogen functional groups attached to an aromatic ring is 1. The first kappa shape index (κ1) is 31.2. The second kappa shape index (κ2) is 13.3. The van der Waals surface area contributed by atoms with Gasteiger partial charge in [0.25, 0.3) is 11.8 Å². The summed E-state index contributed by atoms with van der Waals surface area (Å²) in [6, 6.07) is 8.68. The van der Waals surface area contributed by atoms with Gasteiger partial charge in [-0.2, -0.15) is 5.10 Å². The third kappa shape index (κ3) is 6.60. The van der Waals surface area contributed by atoms with Gasteiger partial charge in [0.15, 0.2) is 5.82 Å². The van der Waals surface area contributed by atoms with E-state index in [1.54, 1.807) is 47.6 Å². The summed E-state index contributed by atoms with van der Waals surface area (Å²) in [6.45, 7) is 5.88. The highest BCUT2D eigenvalue weighted by atomic mass is 35.5. The van der Waals surface area contributed by atoms with Crippen molar-refractivity contribution in [1.29, 1.82) is 0 Å². The molecule has 0 spiro atoms. The van der Waals surface area contributed by atoms with E-state index in [1.807, 2.05) is 11.8 Å². The average molecular weight is 645 g/mol. The van der Waals surface area contributed by atoms with Crippen LogP contribution in [0.2, 0.25) is 5.02 Å². The Kier molecular flexibility index (Phi) is 9.04. The monoisotopic (exact) mass is 644 g/mol. The number of rotatable bonds is 7. The zero-order chi connectivity index (χ0) is 32.4. The second-order valence-corrected chi connectivity index (χ2v) is 12.3. The van der Waals surface area contributed by atoms with Crippen LogP contribution in [0.5, 0.6) is 0 Å². The Morgan fingerprint density at radius 1 is 1.00 bits per heavy atom. The molecule has 6 rings (SSSR count). The number of nitrogens with one attached hydrogen (secondary N) is 3. The Hall–Kier alpha value is -4.75. The van der Waals surface area contributed by atoms with Crippen LogP contribution in [0, 0.1) is 12.8 Å². The molecule has 5 heterocycles. The smallest absolute Gasteiger partial charge is 0.287 e. The molecule has 1 aromatic carbocycles. The van der Waals surface area contributed by atoms with Crippen LogP contribution in [0.15, 0.2) is 42.7 Å². The summed E-state index contributed by atoms with van der Waals surface area (Å²) in [4.78, 5) is 56.8. The maximum atomic E-state index is 13.3. The summed E-state index contributed by atoms with van der Waals surface area (Å²) < 4.78 is 0. The summed E-state index contributed by atoms with van der Waals surface area (Å²) in [5.74, 6) is -0.158. The molecule has 13 nitrogen and oxygen atoms in total. The van der Waals surface area contributed by atoms with Crippen molar-refractivity contribution in [2.24, 2.45) is 5.92 Å². The quantitative estimate of drug-likeness (QED) is 0.238. The fourth-order valence-corrected chi connectivity index (χ4v) is 6.27. The minimum absolute atomic E-state index is 0.0714. The third-order valence-electron chi connectivity index (χ3n) is 8.71. The minimum atomic E-state index is -0.400. The van der Waals surface area contributed by atoms with E-state index >= 15 is 0 Å². The Bertz CT molecular complexity index is 1730. The van der Waals surface area contributed by atoms with Crippen LogP contribution in [0.25, 0.3) is 22.6 Å². The van der Waals surface area contributed by atoms with Gasteiger partial charge in [-0.1, -0.05) is 17.7 Å². The number of piperazine rings is 1. The van der Waals surface area contributed by atoms with Crippen molar-refractivity contribution < 1.29 is 14.4 Å². The van der Waals surface area contributed by atoms with E-state index in [4.69, 9.17) is 17.3 Å². The van der Waals surface area contributed by atoms with Gasteiger partial charge in [-0.15, -0.1) is 0 Å². The molecular formula is C32H37ClN10O3. The van der Waals surface area contributed by atoms with E-state index < -0.39 is 5.91 Å². The number of pyridine rings is 1. The van der Waals surface area contributed by atoms with Crippen molar-refractivity contribution in [3.63, 3.8) is 0 Å². The molecule has 3 aromatic heterocycles. The number of amides is 3. The number of carbonyl (C=O) groups is 3. The molecule has 3 amide bonds. The standard InChI is InChI=1S/C32H37ClN10O3/c1-19-27(28(40-39-19)25-6-4-22(34)17-35-25)26-18-36-29(38-26)30(44)37-16-20-3-5-23(24(33)15-20)32(46)43-13-11-42(12-14-43)31(45)21-7-9-41(2)10-8-21/h3-6,15,17-18,21H,7-14,16,34H2,1-2H3,(H,36,38)(H,37,44)(H,39,40). The Balaban J connectivity index is 1.04. The lowest BCUT2D eigenvalue weighted by molar-refractivity contribution is -0.138. The van der Waals surface area contributed by atoms with Crippen molar-refractivity contribution in [2.75, 3.05) is 52.0 Å². The molecule has 4 aromatic rings. The molecule has 0 aliphatic carbocycles. The van der Waals surface area contributed by atoms with Gasteiger partial charge in [-0.3, -0.25) is 24.5 Å². The summed E-state index contributed by atoms with van der Waals surface area (Å²) in [5.41, 5.74) is 10.9. The molecule has 0 radical (unpaired) electrons. The molecule has 0 saturated carbocycles. The van der Waals surface area contributed by atoms with Gasteiger partial charge in [-0.05, 0) is 69.7 Å². The van der Waals surface area contributed by atoms with Crippen LogP contribution in [-0.2, 0) is 11.3 Å². The summed E-state index contributed by atoms with van der Waals surface area (Å²) in [5, 5.41) is 10.5. The molecule has 5 N–H and O–H groups in total. The molecule has 0 bridgehead atoms. The number of likely N-dealkylation sites (tertiary alicyclic amines) is 1. The highest BCUT2D eigenvalue weighted by Crippen LogP contribution is 2.31. The number of hydrogen-bond acceptors (Lipinski definition) is 8. The van der Waals surface area contributed by atoms with Gasteiger partial charge in [0, 0.05) is 44.2 Å². The maximum Gasteiger partial charge on any atom is 0.287 e. The zero-order valence-corrected chi connectivity index (χ0v) is 26.6. The number of benzene rings is 1. The second-order valence-electron chi connectivity index (χ2n) is 11.9. The van der Waals surface area contributed by atoms with E-state index in [1.165, 1.54) is 0 Å². The largest absolute Gasteiger partial charge is 0.397 e. The Morgan fingerprint density at radius 3 is 2.43 bits per heavy atom. The molecule has 0 unspecified atom stereocenters. The molecule has 240 valence electrons. The number of aryl methyl sites for hydroxylation is 1. The number of nitrogens with zero attached hydrogens (tertiary/aromatic N) is 6. The van der Waals surface area contributed by atoms with Crippen LogP contribution >= 0.6 is 11.6 Å². The summed E-state index contributed by atoms with van der Waals surface area (Å²) in [7, 11) is 2.08. The number of aromatic amines is 2. The number of halogens is 1. The van der Waals surface area contributed by atoms with E-state index in [2.05, 4.69) is 42.4 Å². The van der Waals surface area contributed by atoms with Gasteiger partial charge >= 0.3 is 0 Å². The Morgan fingerprint density at radius 2 is 1.74 bits per heavy atom. The molecule has 2 saturated heterocycles. The number of imidazole rings is 1. The number of piperidine rings is 1. The minimum Gasteiger partial charge on any atom is -0.397 e. The van der Waals surface area contributed by atoms with Crippen LogP contribution in [0.3, 0.4) is 0 Å². The van der Waals surface area contributed by atoms with Gasteiger partial charge in [-0.25, -0.2) is 4.98 Å².